The second-order valence-electron chi connectivity index (χ2n) is 3.35. The smallest absolute Gasteiger partial charge is 0.0784 e. The number of nitrogens with one attached hydrogen (secondary N) is 1. The molecule has 72 valence electrons. The summed E-state index contributed by atoms with van der Waals surface area (Å²) in [5.41, 5.74) is 0. The highest BCUT2D eigenvalue weighted by atomic mass is 16.5. The average Bonchev–Trinajstić information content (AvgIpc) is 2.06. The number of rotatable bonds is 4. The van der Waals surface area contributed by atoms with E-state index in [2.05, 4.69) is 12.2 Å². The molecule has 1 aliphatic rings. The molecular weight excluding hydrogens is 154 g/mol. The van der Waals surface area contributed by atoms with E-state index in [-0.39, 0.29) is 6.10 Å². The summed E-state index contributed by atoms with van der Waals surface area (Å²) in [4.78, 5) is 0. The van der Waals surface area contributed by atoms with E-state index in [1.165, 1.54) is 0 Å². The van der Waals surface area contributed by atoms with Crippen molar-refractivity contribution in [3.8, 4) is 0 Å². The lowest BCUT2D eigenvalue weighted by atomic mass is 10.1. The Morgan fingerprint density at radius 3 is 2.67 bits per heavy atom. The lowest BCUT2D eigenvalue weighted by Crippen LogP contribution is -2.35. The van der Waals surface area contributed by atoms with Crippen LogP contribution in [-0.2, 0) is 9.47 Å². The van der Waals surface area contributed by atoms with Crippen LogP contribution in [0.5, 0.6) is 0 Å². The molecule has 0 radical (unpaired) electrons. The largest absolute Gasteiger partial charge is 0.382 e. The highest BCUT2D eigenvalue weighted by Gasteiger charge is 2.15. The summed E-state index contributed by atoms with van der Waals surface area (Å²) in [6.45, 7) is 4.93. The number of ether oxygens (including phenoxy) is 2. The Bertz CT molecular complexity index is 113. The minimum Gasteiger partial charge on any atom is -0.382 e. The van der Waals surface area contributed by atoms with Crippen LogP contribution >= 0.6 is 0 Å². The molecule has 0 saturated carbocycles. The average molecular weight is 173 g/mol. The van der Waals surface area contributed by atoms with Crippen LogP contribution in [0.25, 0.3) is 0 Å². The van der Waals surface area contributed by atoms with Crippen LogP contribution in [-0.4, -0.2) is 39.0 Å². The minimum atomic E-state index is 0.234. The lowest BCUT2D eigenvalue weighted by Gasteiger charge is -2.25. The van der Waals surface area contributed by atoms with Gasteiger partial charge in [0.2, 0.25) is 0 Å². The molecule has 1 fully saturated rings. The van der Waals surface area contributed by atoms with Crippen molar-refractivity contribution in [1.29, 1.82) is 0 Å². The van der Waals surface area contributed by atoms with Crippen molar-refractivity contribution in [1.82, 2.24) is 5.32 Å². The van der Waals surface area contributed by atoms with Crippen molar-refractivity contribution in [2.45, 2.75) is 32.0 Å². The molecule has 12 heavy (non-hydrogen) atoms. The molecule has 1 N–H and O–H groups in total. The summed E-state index contributed by atoms with van der Waals surface area (Å²) in [6, 6.07) is 0. The Morgan fingerprint density at radius 2 is 2.08 bits per heavy atom. The first-order valence-corrected chi connectivity index (χ1v) is 4.68. The summed E-state index contributed by atoms with van der Waals surface area (Å²) in [6.07, 6.45) is 2.94. The Balaban J connectivity index is 2.11. The van der Waals surface area contributed by atoms with Crippen molar-refractivity contribution in [2.75, 3.05) is 26.8 Å². The van der Waals surface area contributed by atoms with Gasteiger partial charge in [0.15, 0.2) is 0 Å². The molecule has 0 aliphatic carbocycles. The van der Waals surface area contributed by atoms with Crippen LogP contribution in [0.2, 0.25) is 0 Å². The van der Waals surface area contributed by atoms with E-state index < -0.39 is 0 Å². The fourth-order valence-corrected chi connectivity index (χ4v) is 1.53. The lowest BCUT2D eigenvalue weighted by molar-refractivity contribution is -0.0490. The molecule has 3 nitrogen and oxygen atoms in total. The molecular formula is C9H19NO2. The maximum absolute atomic E-state index is 5.77. The van der Waals surface area contributed by atoms with Crippen molar-refractivity contribution < 1.29 is 9.47 Å². The monoisotopic (exact) mass is 173 g/mol. The van der Waals surface area contributed by atoms with Gasteiger partial charge in [-0.05, 0) is 32.9 Å². The fraction of sp³-hybridized carbons (Fsp3) is 1.00. The molecule has 1 aliphatic heterocycles. The molecule has 0 unspecified atom stereocenters. The Morgan fingerprint density at radius 1 is 1.42 bits per heavy atom. The molecule has 1 saturated heterocycles. The molecule has 0 aromatic carbocycles. The van der Waals surface area contributed by atoms with Crippen LogP contribution in [0.3, 0.4) is 0 Å². The van der Waals surface area contributed by atoms with E-state index in [0.717, 1.165) is 25.9 Å². The highest BCUT2D eigenvalue weighted by Crippen LogP contribution is 2.09. The van der Waals surface area contributed by atoms with Crippen LogP contribution in [0.1, 0.15) is 19.8 Å². The van der Waals surface area contributed by atoms with Gasteiger partial charge in [0.1, 0.15) is 0 Å². The van der Waals surface area contributed by atoms with Gasteiger partial charge in [-0.2, -0.15) is 0 Å². The SMILES string of the molecule is COC[C@H](C)OC1CCNCC1. The first-order chi connectivity index (χ1) is 5.83. The Labute approximate surface area is 74.4 Å². The van der Waals surface area contributed by atoms with Crippen molar-refractivity contribution in [3.05, 3.63) is 0 Å². The van der Waals surface area contributed by atoms with Crippen molar-refractivity contribution in [3.63, 3.8) is 0 Å². The minimum absolute atomic E-state index is 0.234. The summed E-state index contributed by atoms with van der Waals surface area (Å²) < 4.78 is 10.8. The molecule has 1 atom stereocenters. The summed E-state index contributed by atoms with van der Waals surface area (Å²) in [5, 5.41) is 3.31. The summed E-state index contributed by atoms with van der Waals surface area (Å²) in [5.74, 6) is 0. The quantitative estimate of drug-likeness (QED) is 0.682. The first-order valence-electron chi connectivity index (χ1n) is 4.68. The van der Waals surface area contributed by atoms with Crippen LogP contribution in [0, 0.1) is 0 Å². The fourth-order valence-electron chi connectivity index (χ4n) is 1.53. The standard InChI is InChI=1S/C9H19NO2/c1-8(7-11-2)12-9-3-5-10-6-4-9/h8-10H,3-7H2,1-2H3/t8-/m0/s1. The van der Waals surface area contributed by atoms with Crippen LogP contribution in [0.15, 0.2) is 0 Å². The van der Waals surface area contributed by atoms with Crippen LogP contribution < -0.4 is 5.32 Å². The van der Waals surface area contributed by atoms with E-state index in [9.17, 15) is 0 Å². The van der Waals surface area contributed by atoms with Crippen molar-refractivity contribution >= 4 is 0 Å². The van der Waals surface area contributed by atoms with Crippen molar-refractivity contribution in [2.24, 2.45) is 0 Å². The van der Waals surface area contributed by atoms with Gasteiger partial charge in [-0.15, -0.1) is 0 Å². The molecule has 1 rings (SSSR count). The summed E-state index contributed by atoms with van der Waals surface area (Å²) >= 11 is 0. The number of methoxy groups -OCH3 is 1. The van der Waals surface area contributed by atoms with Gasteiger partial charge in [-0.25, -0.2) is 0 Å². The van der Waals surface area contributed by atoms with E-state index in [1.54, 1.807) is 7.11 Å². The van der Waals surface area contributed by atoms with E-state index in [4.69, 9.17) is 9.47 Å². The number of hydrogen-bond acceptors (Lipinski definition) is 3. The predicted octanol–water partition coefficient (Wildman–Crippen LogP) is 0.790. The highest BCUT2D eigenvalue weighted by molar-refractivity contribution is 4.69. The summed E-state index contributed by atoms with van der Waals surface area (Å²) in [7, 11) is 1.71. The van der Waals surface area contributed by atoms with Gasteiger partial charge in [0, 0.05) is 7.11 Å². The Hall–Kier alpha value is -0.120. The van der Waals surface area contributed by atoms with Gasteiger partial charge in [0.25, 0.3) is 0 Å². The molecule has 0 amide bonds. The first kappa shape index (κ1) is 9.96. The topological polar surface area (TPSA) is 30.5 Å². The zero-order valence-electron chi connectivity index (χ0n) is 8.01. The van der Waals surface area contributed by atoms with E-state index in [1.807, 2.05) is 0 Å². The second kappa shape index (κ2) is 5.51. The van der Waals surface area contributed by atoms with E-state index >= 15 is 0 Å². The third-order valence-corrected chi connectivity index (χ3v) is 2.11. The maximum Gasteiger partial charge on any atom is 0.0784 e. The normalized spacial score (nSPS) is 22.5. The third kappa shape index (κ3) is 3.52. The van der Waals surface area contributed by atoms with Gasteiger partial charge in [-0.3, -0.25) is 0 Å². The zero-order chi connectivity index (χ0) is 8.81. The number of hydrogen-bond donors (Lipinski definition) is 1. The predicted molar refractivity (Wildman–Crippen MR) is 48.3 cm³/mol. The molecule has 0 bridgehead atoms. The van der Waals surface area contributed by atoms with Gasteiger partial charge >= 0.3 is 0 Å². The second-order valence-corrected chi connectivity index (χ2v) is 3.35. The zero-order valence-corrected chi connectivity index (χ0v) is 8.01. The number of piperidine rings is 1. The maximum atomic E-state index is 5.77. The van der Waals surface area contributed by atoms with Gasteiger partial charge < -0.3 is 14.8 Å². The van der Waals surface area contributed by atoms with Gasteiger partial charge in [-0.1, -0.05) is 0 Å². The third-order valence-electron chi connectivity index (χ3n) is 2.11. The molecule has 3 heteroatoms. The van der Waals surface area contributed by atoms with E-state index in [0.29, 0.717) is 12.7 Å². The Kier molecular flexibility index (Phi) is 4.58. The van der Waals surface area contributed by atoms with Crippen LogP contribution in [0.4, 0.5) is 0 Å². The molecule has 0 spiro atoms. The van der Waals surface area contributed by atoms with Gasteiger partial charge in [0.05, 0.1) is 18.8 Å². The molecule has 0 aromatic heterocycles. The molecule has 1 heterocycles. The molecule has 0 aromatic rings.